The number of hydrogen-bond donors (Lipinski definition) is 0. The standard InChI is InChI=1S/C15H19Cl2FN2O/c1-2-3-6-21-7-4-5-20-14-8-11(17)12(18)9-13(14)19-15(20)10-16/h8-9H,2-7,10H2,1H3. The van der Waals surface area contributed by atoms with E-state index < -0.39 is 5.82 Å². The van der Waals surface area contributed by atoms with Gasteiger partial charge in [-0.15, -0.1) is 11.6 Å². The molecule has 21 heavy (non-hydrogen) atoms. The maximum absolute atomic E-state index is 13.5. The lowest BCUT2D eigenvalue weighted by Crippen LogP contribution is -2.06. The van der Waals surface area contributed by atoms with Crippen LogP contribution in [0.5, 0.6) is 0 Å². The Balaban J connectivity index is 2.08. The molecule has 3 nitrogen and oxygen atoms in total. The third-order valence-electron chi connectivity index (χ3n) is 3.30. The third kappa shape index (κ3) is 4.09. The fraction of sp³-hybridized carbons (Fsp3) is 0.533. The highest BCUT2D eigenvalue weighted by atomic mass is 35.5. The van der Waals surface area contributed by atoms with Crippen molar-refractivity contribution in [3.63, 3.8) is 0 Å². The fourth-order valence-corrected chi connectivity index (χ4v) is 2.56. The lowest BCUT2D eigenvalue weighted by Gasteiger charge is -2.08. The van der Waals surface area contributed by atoms with Gasteiger partial charge >= 0.3 is 0 Å². The Morgan fingerprint density at radius 2 is 2.05 bits per heavy atom. The van der Waals surface area contributed by atoms with Crippen LogP contribution in [0.15, 0.2) is 12.1 Å². The number of aryl methyl sites for hydroxylation is 1. The molecule has 0 saturated heterocycles. The molecule has 0 radical (unpaired) electrons. The zero-order valence-electron chi connectivity index (χ0n) is 12.0. The number of unbranched alkanes of at least 4 members (excludes halogenated alkanes) is 1. The van der Waals surface area contributed by atoms with Crippen molar-refractivity contribution in [1.82, 2.24) is 9.55 Å². The van der Waals surface area contributed by atoms with Crippen LogP contribution in [0.3, 0.4) is 0 Å². The summed E-state index contributed by atoms with van der Waals surface area (Å²) < 4.78 is 21.0. The van der Waals surface area contributed by atoms with E-state index in [0.717, 1.165) is 43.8 Å². The van der Waals surface area contributed by atoms with Gasteiger partial charge in [-0.05, 0) is 18.9 Å². The number of alkyl halides is 1. The fourth-order valence-electron chi connectivity index (χ4n) is 2.19. The van der Waals surface area contributed by atoms with Gasteiger partial charge in [0, 0.05) is 25.8 Å². The van der Waals surface area contributed by atoms with Gasteiger partial charge < -0.3 is 9.30 Å². The van der Waals surface area contributed by atoms with E-state index in [1.54, 1.807) is 6.07 Å². The summed E-state index contributed by atoms with van der Waals surface area (Å²) in [5, 5.41) is 0.101. The van der Waals surface area contributed by atoms with E-state index in [9.17, 15) is 4.39 Å². The van der Waals surface area contributed by atoms with Gasteiger partial charge in [0.1, 0.15) is 11.6 Å². The first-order chi connectivity index (χ1) is 10.2. The van der Waals surface area contributed by atoms with E-state index in [1.807, 2.05) is 4.57 Å². The second kappa shape index (κ2) is 7.97. The average molecular weight is 333 g/mol. The number of nitrogens with zero attached hydrogens (tertiary/aromatic N) is 2. The molecule has 1 aromatic carbocycles. The monoisotopic (exact) mass is 332 g/mol. The summed E-state index contributed by atoms with van der Waals surface area (Å²) in [6.07, 6.45) is 3.07. The van der Waals surface area contributed by atoms with E-state index >= 15 is 0 Å². The molecule has 0 N–H and O–H groups in total. The second-order valence-corrected chi connectivity index (χ2v) is 5.56. The number of halogens is 3. The third-order valence-corrected chi connectivity index (χ3v) is 3.83. The second-order valence-electron chi connectivity index (χ2n) is 4.89. The highest BCUT2D eigenvalue weighted by molar-refractivity contribution is 6.31. The summed E-state index contributed by atoms with van der Waals surface area (Å²) in [5.41, 5.74) is 1.39. The average Bonchev–Trinajstić information content (AvgIpc) is 2.80. The van der Waals surface area contributed by atoms with E-state index in [1.165, 1.54) is 6.07 Å². The molecule has 0 bridgehead atoms. The summed E-state index contributed by atoms with van der Waals surface area (Å²) in [6.45, 7) is 4.35. The normalized spacial score (nSPS) is 11.4. The molecule has 2 aromatic rings. The van der Waals surface area contributed by atoms with E-state index in [2.05, 4.69) is 11.9 Å². The zero-order valence-corrected chi connectivity index (χ0v) is 13.6. The molecule has 1 aromatic heterocycles. The van der Waals surface area contributed by atoms with Gasteiger partial charge in [-0.1, -0.05) is 24.9 Å². The SMILES string of the molecule is CCCCOCCCn1c(CCl)nc2cc(F)c(Cl)cc21. The van der Waals surface area contributed by atoms with Crippen LogP contribution < -0.4 is 0 Å². The Kier molecular flexibility index (Phi) is 6.27. The Bertz CT molecular complexity index is 601. The molecule has 0 unspecified atom stereocenters. The van der Waals surface area contributed by atoms with Gasteiger partial charge in [-0.3, -0.25) is 0 Å². The van der Waals surface area contributed by atoms with E-state index in [-0.39, 0.29) is 10.9 Å². The van der Waals surface area contributed by atoms with Crippen LogP contribution in [0.2, 0.25) is 5.02 Å². The van der Waals surface area contributed by atoms with Crippen LogP contribution in [-0.2, 0) is 17.2 Å². The minimum absolute atomic E-state index is 0.101. The first kappa shape index (κ1) is 16.5. The van der Waals surface area contributed by atoms with Crippen molar-refractivity contribution in [2.45, 2.75) is 38.6 Å². The van der Waals surface area contributed by atoms with Gasteiger partial charge in [-0.25, -0.2) is 9.37 Å². The minimum Gasteiger partial charge on any atom is -0.381 e. The molecule has 6 heteroatoms. The number of imidazole rings is 1. The number of rotatable bonds is 8. The van der Waals surface area contributed by atoms with Crippen LogP contribution in [0.25, 0.3) is 11.0 Å². The topological polar surface area (TPSA) is 27.1 Å². The summed E-state index contributed by atoms with van der Waals surface area (Å²) in [5.74, 6) is 0.546. The van der Waals surface area contributed by atoms with Crippen molar-refractivity contribution in [3.8, 4) is 0 Å². The number of benzene rings is 1. The summed E-state index contributed by atoms with van der Waals surface area (Å²) in [7, 11) is 0. The number of fused-ring (bicyclic) bond motifs is 1. The first-order valence-corrected chi connectivity index (χ1v) is 8.06. The Hall–Kier alpha value is -0.840. The molecule has 0 fully saturated rings. The summed E-state index contributed by atoms with van der Waals surface area (Å²) in [4.78, 5) is 4.35. The number of ether oxygens (including phenoxy) is 1. The van der Waals surface area contributed by atoms with Crippen LogP contribution >= 0.6 is 23.2 Å². The van der Waals surface area contributed by atoms with Gasteiger partial charge in [0.25, 0.3) is 0 Å². The van der Waals surface area contributed by atoms with Crippen molar-refractivity contribution in [1.29, 1.82) is 0 Å². The summed E-state index contributed by atoms with van der Waals surface area (Å²) >= 11 is 11.8. The Morgan fingerprint density at radius 3 is 2.76 bits per heavy atom. The maximum Gasteiger partial charge on any atom is 0.144 e. The molecule has 0 spiro atoms. The predicted octanol–water partition coefficient (Wildman–Crippen LogP) is 4.77. The van der Waals surface area contributed by atoms with Crippen molar-refractivity contribution in [3.05, 3.63) is 28.8 Å². The molecule has 1 heterocycles. The minimum atomic E-state index is -0.460. The van der Waals surface area contributed by atoms with Gasteiger partial charge in [-0.2, -0.15) is 0 Å². The predicted molar refractivity (Wildman–Crippen MR) is 84.6 cm³/mol. The van der Waals surface area contributed by atoms with E-state index in [0.29, 0.717) is 12.1 Å². The molecule has 0 aliphatic carbocycles. The zero-order chi connectivity index (χ0) is 15.2. The lowest BCUT2D eigenvalue weighted by atomic mass is 10.3. The molecule has 116 valence electrons. The molecule has 2 rings (SSSR count). The molecule has 0 atom stereocenters. The maximum atomic E-state index is 13.5. The quantitative estimate of drug-likeness (QED) is 0.514. The molecular formula is C15H19Cl2FN2O. The van der Waals surface area contributed by atoms with Gasteiger partial charge in [0.2, 0.25) is 0 Å². The molecular weight excluding hydrogens is 314 g/mol. The highest BCUT2D eigenvalue weighted by Crippen LogP contribution is 2.24. The Labute approximate surface area is 134 Å². The molecule has 0 aliphatic rings. The largest absolute Gasteiger partial charge is 0.381 e. The van der Waals surface area contributed by atoms with Crippen molar-refractivity contribution in [2.75, 3.05) is 13.2 Å². The van der Waals surface area contributed by atoms with Crippen molar-refractivity contribution >= 4 is 34.2 Å². The van der Waals surface area contributed by atoms with Crippen LogP contribution in [0, 0.1) is 5.82 Å². The number of aromatic nitrogens is 2. The molecule has 0 saturated carbocycles. The van der Waals surface area contributed by atoms with Gasteiger partial charge in [0.05, 0.1) is 21.9 Å². The van der Waals surface area contributed by atoms with E-state index in [4.69, 9.17) is 27.9 Å². The lowest BCUT2D eigenvalue weighted by molar-refractivity contribution is 0.126. The van der Waals surface area contributed by atoms with Gasteiger partial charge in [0.15, 0.2) is 0 Å². The Morgan fingerprint density at radius 1 is 1.29 bits per heavy atom. The molecule has 0 amide bonds. The van der Waals surface area contributed by atoms with Crippen molar-refractivity contribution in [2.24, 2.45) is 0 Å². The first-order valence-electron chi connectivity index (χ1n) is 7.15. The van der Waals surface area contributed by atoms with Crippen LogP contribution in [0.1, 0.15) is 32.0 Å². The van der Waals surface area contributed by atoms with Crippen LogP contribution in [0.4, 0.5) is 4.39 Å². The highest BCUT2D eigenvalue weighted by Gasteiger charge is 2.12. The van der Waals surface area contributed by atoms with Crippen molar-refractivity contribution < 1.29 is 9.13 Å². The summed E-state index contributed by atoms with van der Waals surface area (Å²) in [6, 6.07) is 2.95. The smallest absolute Gasteiger partial charge is 0.144 e. The number of hydrogen-bond acceptors (Lipinski definition) is 2. The van der Waals surface area contributed by atoms with Crippen LogP contribution in [-0.4, -0.2) is 22.8 Å². The molecule has 0 aliphatic heterocycles.